The van der Waals surface area contributed by atoms with Gasteiger partial charge in [0.1, 0.15) is 11.7 Å². The molecule has 0 bridgehead atoms. The van der Waals surface area contributed by atoms with Gasteiger partial charge in [-0.3, -0.25) is 14.4 Å². The third kappa shape index (κ3) is 10.1. The average Bonchev–Trinajstić information content (AvgIpc) is 2.69. The molecule has 170 valence electrons. The lowest BCUT2D eigenvalue weighted by atomic mass is 9.98. The number of ether oxygens (including phenoxy) is 2. The molecule has 3 atom stereocenters. The summed E-state index contributed by atoms with van der Waals surface area (Å²) in [6, 6.07) is 8.74. The molecule has 0 aromatic heterocycles. The zero-order valence-electron chi connectivity index (χ0n) is 19.1. The molecule has 0 saturated carbocycles. The van der Waals surface area contributed by atoms with Crippen molar-refractivity contribution < 1.29 is 23.9 Å². The fraction of sp³-hybridized carbons (Fsp3) is 0.480. The van der Waals surface area contributed by atoms with Gasteiger partial charge in [-0.05, 0) is 46.1 Å². The van der Waals surface area contributed by atoms with Gasteiger partial charge < -0.3 is 14.8 Å². The average molecular weight is 430 g/mol. The van der Waals surface area contributed by atoms with E-state index >= 15 is 0 Å². The van der Waals surface area contributed by atoms with Crippen LogP contribution < -0.4 is 5.32 Å². The van der Waals surface area contributed by atoms with Gasteiger partial charge in [-0.15, -0.1) is 13.2 Å². The Balaban J connectivity index is 2.92. The second-order valence-electron chi connectivity index (χ2n) is 8.46. The standard InChI is InChI=1S/C25H35NO5/c1-7-9-16-21(27)30-23(19-14-11-10-12-15-19)18(3)26-24(29)20(13-8-2)17-22(28)31-25(4,5)6/h7-8,10-12,14-15,18,20,23H,1-2,9,13,16-17H2,3-6H3,(H,26,29)/t18-,20?,23+/m0/s1. The summed E-state index contributed by atoms with van der Waals surface area (Å²) in [5, 5.41) is 2.90. The van der Waals surface area contributed by atoms with Crippen LogP contribution in [0.4, 0.5) is 0 Å². The van der Waals surface area contributed by atoms with Crippen molar-refractivity contribution in [3.63, 3.8) is 0 Å². The number of allylic oxidation sites excluding steroid dienone is 2. The van der Waals surface area contributed by atoms with Crippen molar-refractivity contribution in [2.45, 2.75) is 71.1 Å². The van der Waals surface area contributed by atoms with Crippen molar-refractivity contribution in [2.24, 2.45) is 5.92 Å². The highest BCUT2D eigenvalue weighted by Crippen LogP contribution is 2.23. The second kappa shape index (κ2) is 12.7. The van der Waals surface area contributed by atoms with Crippen molar-refractivity contribution in [2.75, 3.05) is 0 Å². The minimum absolute atomic E-state index is 0.0586. The molecule has 1 aromatic carbocycles. The van der Waals surface area contributed by atoms with Crippen LogP contribution in [0.3, 0.4) is 0 Å². The van der Waals surface area contributed by atoms with Gasteiger partial charge in [0.2, 0.25) is 5.91 Å². The third-order valence-electron chi connectivity index (χ3n) is 4.42. The van der Waals surface area contributed by atoms with Crippen LogP contribution in [0.2, 0.25) is 0 Å². The number of benzene rings is 1. The Bertz CT molecular complexity index is 751. The van der Waals surface area contributed by atoms with Crippen LogP contribution in [0.1, 0.15) is 65.0 Å². The zero-order chi connectivity index (χ0) is 23.4. The largest absolute Gasteiger partial charge is 0.460 e. The molecule has 0 aliphatic rings. The van der Waals surface area contributed by atoms with Crippen molar-refractivity contribution in [1.29, 1.82) is 0 Å². The maximum absolute atomic E-state index is 12.9. The highest BCUT2D eigenvalue weighted by Gasteiger charge is 2.29. The molecule has 0 fully saturated rings. The minimum atomic E-state index is -0.659. The van der Waals surface area contributed by atoms with Crippen molar-refractivity contribution >= 4 is 17.8 Å². The molecular formula is C25H35NO5. The molecular weight excluding hydrogens is 394 g/mol. The van der Waals surface area contributed by atoms with Gasteiger partial charge in [0, 0.05) is 6.42 Å². The monoisotopic (exact) mass is 429 g/mol. The number of carbonyl (C=O) groups is 3. The highest BCUT2D eigenvalue weighted by molar-refractivity contribution is 5.84. The first-order chi connectivity index (χ1) is 14.6. The molecule has 1 N–H and O–H groups in total. The number of esters is 2. The highest BCUT2D eigenvalue weighted by atomic mass is 16.6. The second-order valence-corrected chi connectivity index (χ2v) is 8.46. The third-order valence-corrected chi connectivity index (χ3v) is 4.42. The van der Waals surface area contributed by atoms with Gasteiger partial charge in [-0.25, -0.2) is 0 Å². The van der Waals surface area contributed by atoms with Crippen molar-refractivity contribution in [1.82, 2.24) is 5.32 Å². The van der Waals surface area contributed by atoms with Crippen molar-refractivity contribution in [3.05, 3.63) is 61.2 Å². The Hall–Kier alpha value is -2.89. The van der Waals surface area contributed by atoms with E-state index in [4.69, 9.17) is 9.47 Å². The summed E-state index contributed by atoms with van der Waals surface area (Å²) in [4.78, 5) is 37.4. The maximum Gasteiger partial charge on any atom is 0.307 e. The summed E-state index contributed by atoms with van der Waals surface area (Å²) in [5.41, 5.74) is 0.145. The first-order valence-corrected chi connectivity index (χ1v) is 10.6. The number of amides is 1. The van der Waals surface area contributed by atoms with Crippen molar-refractivity contribution in [3.8, 4) is 0 Å². The molecule has 31 heavy (non-hydrogen) atoms. The Morgan fingerprint density at radius 3 is 2.26 bits per heavy atom. The summed E-state index contributed by atoms with van der Waals surface area (Å²) >= 11 is 0. The first-order valence-electron chi connectivity index (χ1n) is 10.6. The van der Waals surface area contributed by atoms with Crippen LogP contribution in [-0.2, 0) is 23.9 Å². The van der Waals surface area contributed by atoms with Gasteiger partial charge in [0.05, 0.1) is 18.4 Å². The van der Waals surface area contributed by atoms with Crippen LogP contribution in [0, 0.1) is 5.92 Å². The van der Waals surface area contributed by atoms with Gasteiger partial charge in [0.15, 0.2) is 0 Å². The van der Waals surface area contributed by atoms with E-state index in [2.05, 4.69) is 18.5 Å². The number of hydrogen-bond acceptors (Lipinski definition) is 5. The Labute approximate surface area is 185 Å². The maximum atomic E-state index is 12.9. The fourth-order valence-electron chi connectivity index (χ4n) is 3.01. The van der Waals surface area contributed by atoms with Gasteiger partial charge in [-0.2, -0.15) is 0 Å². The molecule has 0 spiro atoms. The molecule has 0 heterocycles. The van der Waals surface area contributed by atoms with Crippen LogP contribution in [-0.4, -0.2) is 29.5 Å². The van der Waals surface area contributed by atoms with E-state index in [1.807, 2.05) is 30.3 Å². The number of hydrogen-bond donors (Lipinski definition) is 1. The summed E-state index contributed by atoms with van der Waals surface area (Å²) in [6.07, 6.45) is 3.59. The summed E-state index contributed by atoms with van der Waals surface area (Å²) in [5.74, 6) is -1.76. The fourth-order valence-corrected chi connectivity index (χ4v) is 3.01. The first kappa shape index (κ1) is 26.1. The predicted molar refractivity (Wildman–Crippen MR) is 121 cm³/mol. The molecule has 0 radical (unpaired) electrons. The van der Waals surface area contributed by atoms with Crippen LogP contribution in [0.25, 0.3) is 0 Å². The van der Waals surface area contributed by atoms with Crippen LogP contribution in [0.15, 0.2) is 55.6 Å². The lowest BCUT2D eigenvalue weighted by Crippen LogP contribution is -2.42. The van der Waals surface area contributed by atoms with Gasteiger partial charge in [0.25, 0.3) is 0 Å². The normalized spacial score (nSPS) is 13.9. The van der Waals surface area contributed by atoms with E-state index < -0.39 is 29.6 Å². The number of rotatable bonds is 12. The van der Waals surface area contributed by atoms with E-state index in [1.54, 1.807) is 39.8 Å². The predicted octanol–water partition coefficient (Wildman–Crippen LogP) is 4.67. The molecule has 1 rings (SSSR count). The Morgan fingerprint density at radius 2 is 1.71 bits per heavy atom. The van der Waals surface area contributed by atoms with E-state index in [-0.39, 0.29) is 24.7 Å². The zero-order valence-corrected chi connectivity index (χ0v) is 19.1. The molecule has 6 nitrogen and oxygen atoms in total. The lowest BCUT2D eigenvalue weighted by molar-refractivity contribution is -0.157. The molecule has 1 unspecified atom stereocenters. The van der Waals surface area contributed by atoms with E-state index in [0.29, 0.717) is 12.8 Å². The smallest absolute Gasteiger partial charge is 0.307 e. The van der Waals surface area contributed by atoms with Crippen LogP contribution in [0.5, 0.6) is 0 Å². The molecule has 0 saturated heterocycles. The molecule has 6 heteroatoms. The summed E-state index contributed by atoms with van der Waals surface area (Å²) in [7, 11) is 0. The summed E-state index contributed by atoms with van der Waals surface area (Å²) < 4.78 is 11.0. The SMILES string of the molecule is C=CCCC(=O)O[C@@H](c1ccccc1)[C@H](C)NC(=O)C(CC=C)CC(=O)OC(C)(C)C. The van der Waals surface area contributed by atoms with E-state index in [0.717, 1.165) is 5.56 Å². The Morgan fingerprint density at radius 1 is 1.06 bits per heavy atom. The molecule has 1 aromatic rings. The van der Waals surface area contributed by atoms with E-state index in [9.17, 15) is 14.4 Å². The molecule has 0 aliphatic carbocycles. The number of carbonyl (C=O) groups excluding carboxylic acids is 3. The molecule has 1 amide bonds. The molecule has 0 aliphatic heterocycles. The minimum Gasteiger partial charge on any atom is -0.460 e. The summed E-state index contributed by atoms with van der Waals surface area (Å²) in [6.45, 7) is 14.4. The topological polar surface area (TPSA) is 81.7 Å². The van der Waals surface area contributed by atoms with E-state index in [1.165, 1.54) is 0 Å². The Kier molecular flexibility index (Phi) is 10.7. The number of nitrogens with one attached hydrogen (secondary N) is 1. The van der Waals surface area contributed by atoms with Crippen LogP contribution >= 0.6 is 0 Å². The quantitative estimate of drug-likeness (QED) is 0.386. The lowest BCUT2D eigenvalue weighted by Gasteiger charge is -2.27. The van der Waals surface area contributed by atoms with Gasteiger partial charge >= 0.3 is 11.9 Å². The van der Waals surface area contributed by atoms with Gasteiger partial charge in [-0.1, -0.05) is 42.5 Å².